The Kier molecular flexibility index (Phi) is 10.5. The van der Waals surface area contributed by atoms with Crippen LogP contribution in [0.3, 0.4) is 0 Å². The maximum Gasteiger partial charge on any atom is 0.305 e. The lowest BCUT2D eigenvalue weighted by Crippen LogP contribution is -2.34. The van der Waals surface area contributed by atoms with Gasteiger partial charge >= 0.3 is 5.97 Å². The van der Waals surface area contributed by atoms with E-state index in [1.165, 1.54) is 6.42 Å². The lowest BCUT2D eigenvalue weighted by Gasteiger charge is -2.37. The van der Waals surface area contributed by atoms with E-state index >= 15 is 0 Å². The van der Waals surface area contributed by atoms with Crippen molar-refractivity contribution in [2.24, 2.45) is 17.1 Å². The van der Waals surface area contributed by atoms with Crippen molar-refractivity contribution < 1.29 is 9.90 Å². The zero-order valence-corrected chi connectivity index (χ0v) is 20.5. The smallest absolute Gasteiger partial charge is 0.305 e. The molecule has 1 saturated heterocycles. The first-order chi connectivity index (χ1) is 14.8. The number of aliphatic carboxylic acids is 1. The van der Waals surface area contributed by atoms with Crippen molar-refractivity contribution >= 4 is 17.5 Å². The molecule has 1 heterocycles. The molecule has 0 amide bonds. The van der Waals surface area contributed by atoms with Gasteiger partial charge in [0.2, 0.25) is 0 Å². The van der Waals surface area contributed by atoms with Gasteiger partial charge in [-0.2, -0.15) is 0 Å². The summed E-state index contributed by atoms with van der Waals surface area (Å²) in [7, 11) is 0. The molecule has 0 radical (unpaired) electrons. The second-order valence-corrected chi connectivity index (χ2v) is 9.81. The van der Waals surface area contributed by atoms with Crippen molar-refractivity contribution in [3.63, 3.8) is 0 Å². The van der Waals surface area contributed by atoms with E-state index in [-0.39, 0.29) is 24.2 Å². The number of nitrogens with zero attached hydrogens (tertiary/aromatic N) is 1. The average Bonchev–Trinajstić information content (AvgIpc) is 2.69. The molecular formula is C26H42N4O2. The van der Waals surface area contributed by atoms with E-state index in [1.807, 2.05) is 31.2 Å². The second-order valence-electron chi connectivity index (χ2n) is 9.81. The molecule has 2 rings (SSSR count). The Hall–Kier alpha value is -2.76. The minimum atomic E-state index is -0.819. The molecule has 6 nitrogen and oxygen atoms in total. The summed E-state index contributed by atoms with van der Waals surface area (Å²) in [5.41, 5.74) is 9.70. The summed E-state index contributed by atoms with van der Waals surface area (Å²) in [6, 6.07) is 7.48. The predicted octanol–water partition coefficient (Wildman–Crippen LogP) is 5.50. The minimum absolute atomic E-state index is 0.0600. The Bertz CT molecular complexity index is 793. The van der Waals surface area contributed by atoms with Crippen LogP contribution < -0.4 is 16.0 Å². The van der Waals surface area contributed by atoms with Crippen LogP contribution in [0, 0.1) is 16.7 Å². The molecule has 1 aromatic rings. The summed E-state index contributed by atoms with van der Waals surface area (Å²) < 4.78 is 0. The quantitative estimate of drug-likeness (QED) is 0.314. The van der Waals surface area contributed by atoms with E-state index in [2.05, 4.69) is 51.1 Å². The van der Waals surface area contributed by atoms with Crippen LogP contribution in [0.25, 0.3) is 0 Å². The largest absolute Gasteiger partial charge is 0.481 e. The zero-order chi connectivity index (χ0) is 24.5. The first-order valence-corrected chi connectivity index (χ1v) is 11.4. The monoisotopic (exact) mass is 442 g/mol. The zero-order valence-electron chi connectivity index (χ0n) is 20.5. The van der Waals surface area contributed by atoms with Crippen molar-refractivity contribution in [2.75, 3.05) is 11.4 Å². The highest BCUT2D eigenvalue weighted by Crippen LogP contribution is 2.34. The number of hydrogen-bond acceptors (Lipinski definition) is 4. The van der Waals surface area contributed by atoms with E-state index in [1.54, 1.807) is 0 Å². The van der Waals surface area contributed by atoms with Crippen LogP contribution in [0.15, 0.2) is 48.8 Å². The highest BCUT2D eigenvalue weighted by Gasteiger charge is 2.25. The molecule has 0 spiro atoms. The van der Waals surface area contributed by atoms with Crippen LogP contribution in [-0.2, 0) is 4.79 Å². The lowest BCUT2D eigenvalue weighted by molar-refractivity contribution is -0.137. The van der Waals surface area contributed by atoms with Gasteiger partial charge in [-0.1, -0.05) is 47.3 Å². The normalized spacial score (nSPS) is 17.1. The number of piperidine rings is 1. The number of anilines is 1. The maximum atomic E-state index is 10.8. The molecule has 1 aromatic carbocycles. The van der Waals surface area contributed by atoms with Gasteiger partial charge < -0.3 is 21.1 Å². The fourth-order valence-corrected chi connectivity index (χ4v) is 3.38. The molecule has 6 heteroatoms. The number of carboxylic acids is 1. The number of carboxylic acid groups (broad SMARTS) is 1. The summed E-state index contributed by atoms with van der Waals surface area (Å²) in [6.45, 7) is 20.0. The third kappa shape index (κ3) is 9.58. The Morgan fingerprint density at radius 2 is 1.91 bits per heavy atom. The molecule has 2 unspecified atom stereocenters. The SMILES string of the molecule is C=C(CC1CCCN(c2ccc(C(=N)N)cc2)C1=C)NC(C)CC(=O)O.CCC(C)(C)C. The van der Waals surface area contributed by atoms with E-state index in [0.717, 1.165) is 42.9 Å². The molecule has 0 aromatic heterocycles. The lowest BCUT2D eigenvalue weighted by atomic mass is 9.90. The molecule has 0 saturated carbocycles. The van der Waals surface area contributed by atoms with E-state index in [4.69, 9.17) is 16.2 Å². The van der Waals surface area contributed by atoms with E-state index in [0.29, 0.717) is 11.0 Å². The van der Waals surface area contributed by atoms with Crippen LogP contribution in [0.2, 0.25) is 0 Å². The van der Waals surface area contributed by atoms with Crippen molar-refractivity contribution in [1.29, 1.82) is 5.41 Å². The van der Waals surface area contributed by atoms with Crippen LogP contribution in [0.1, 0.15) is 72.3 Å². The molecule has 1 aliphatic rings. The molecule has 178 valence electrons. The highest BCUT2D eigenvalue weighted by molar-refractivity contribution is 5.95. The van der Waals surface area contributed by atoms with Gasteiger partial charge in [-0.05, 0) is 55.9 Å². The Morgan fingerprint density at radius 1 is 1.34 bits per heavy atom. The van der Waals surface area contributed by atoms with Gasteiger partial charge in [-0.3, -0.25) is 10.2 Å². The number of allylic oxidation sites excluding steroid dienone is 2. The van der Waals surface area contributed by atoms with Crippen molar-refractivity contribution in [3.8, 4) is 0 Å². The molecular weight excluding hydrogens is 400 g/mol. The highest BCUT2D eigenvalue weighted by atomic mass is 16.4. The number of benzene rings is 1. The van der Waals surface area contributed by atoms with Gasteiger partial charge in [0.1, 0.15) is 5.84 Å². The fraction of sp³-hybridized carbons (Fsp3) is 0.538. The number of amidine groups is 1. The van der Waals surface area contributed by atoms with E-state index < -0.39 is 5.97 Å². The molecule has 32 heavy (non-hydrogen) atoms. The number of rotatable bonds is 8. The number of nitrogens with one attached hydrogen (secondary N) is 2. The summed E-state index contributed by atoms with van der Waals surface area (Å²) in [6.07, 6.45) is 4.17. The van der Waals surface area contributed by atoms with Crippen LogP contribution in [-0.4, -0.2) is 29.5 Å². The number of nitrogen functional groups attached to an aromatic ring is 1. The van der Waals surface area contributed by atoms with Crippen molar-refractivity contribution in [1.82, 2.24) is 5.32 Å². The minimum Gasteiger partial charge on any atom is -0.481 e. The van der Waals surface area contributed by atoms with Gasteiger partial charge in [-0.25, -0.2) is 0 Å². The average molecular weight is 443 g/mol. The summed E-state index contributed by atoms with van der Waals surface area (Å²) in [4.78, 5) is 13.0. The fourth-order valence-electron chi connectivity index (χ4n) is 3.38. The van der Waals surface area contributed by atoms with Crippen LogP contribution >= 0.6 is 0 Å². The Morgan fingerprint density at radius 3 is 2.38 bits per heavy atom. The summed E-state index contributed by atoms with van der Waals surface area (Å²) in [5, 5.41) is 19.5. The standard InChI is InChI=1S/C20H28N4O2.C6H14/c1-13(23-14(2)12-19(25)26)11-17-5-4-10-24(15(17)3)18-8-6-16(7-9-18)20(21)22;1-5-6(2,3)4/h6-9,14,17,23H,1,3-5,10-12H2,2H3,(H3,21,22)(H,25,26);5H2,1-4H3. The third-order valence-electron chi connectivity index (χ3n) is 5.73. The van der Waals surface area contributed by atoms with Crippen molar-refractivity contribution in [3.05, 3.63) is 54.4 Å². The second kappa shape index (κ2) is 12.3. The summed E-state index contributed by atoms with van der Waals surface area (Å²) >= 11 is 0. The summed E-state index contributed by atoms with van der Waals surface area (Å²) in [5.74, 6) is -0.488. The molecule has 0 bridgehead atoms. The Labute approximate surface area is 194 Å². The first kappa shape index (κ1) is 27.3. The van der Waals surface area contributed by atoms with Gasteiger partial charge in [0.15, 0.2) is 0 Å². The number of carbonyl (C=O) groups is 1. The Balaban J connectivity index is 0.000000751. The number of hydrogen-bond donors (Lipinski definition) is 4. The molecule has 2 atom stereocenters. The van der Waals surface area contributed by atoms with Gasteiger partial charge in [0, 0.05) is 41.1 Å². The van der Waals surface area contributed by atoms with Gasteiger partial charge in [-0.15, -0.1) is 0 Å². The van der Waals surface area contributed by atoms with Gasteiger partial charge in [0.05, 0.1) is 6.42 Å². The van der Waals surface area contributed by atoms with Crippen LogP contribution in [0.5, 0.6) is 0 Å². The third-order valence-corrected chi connectivity index (χ3v) is 5.73. The first-order valence-electron chi connectivity index (χ1n) is 11.4. The van der Waals surface area contributed by atoms with Gasteiger partial charge in [0.25, 0.3) is 0 Å². The predicted molar refractivity (Wildman–Crippen MR) is 135 cm³/mol. The molecule has 1 aliphatic heterocycles. The van der Waals surface area contributed by atoms with Crippen molar-refractivity contribution in [2.45, 2.75) is 72.8 Å². The topological polar surface area (TPSA) is 102 Å². The number of nitrogens with two attached hydrogens (primary N) is 1. The molecule has 5 N–H and O–H groups in total. The maximum absolute atomic E-state index is 10.8. The molecule has 0 aliphatic carbocycles. The van der Waals surface area contributed by atoms with E-state index in [9.17, 15) is 4.79 Å². The van der Waals surface area contributed by atoms with Crippen LogP contribution in [0.4, 0.5) is 5.69 Å². The molecule has 1 fully saturated rings.